The number of nitrogens with one attached hydrogen (secondary N) is 1. The van der Waals surface area contributed by atoms with Gasteiger partial charge in [-0.2, -0.15) is 0 Å². The molecule has 24 heavy (non-hydrogen) atoms. The number of rotatable bonds is 4. The van der Waals surface area contributed by atoms with E-state index in [1.165, 1.54) is 5.56 Å². The molecule has 0 aliphatic heterocycles. The zero-order valence-corrected chi connectivity index (χ0v) is 13.4. The first-order valence-corrected chi connectivity index (χ1v) is 7.54. The van der Waals surface area contributed by atoms with Gasteiger partial charge < -0.3 is 10.4 Å². The van der Waals surface area contributed by atoms with Gasteiger partial charge in [0.2, 0.25) is 0 Å². The molecule has 0 spiro atoms. The maximum Gasteiger partial charge on any atom is 0.335 e. The number of hydrogen-bond donors (Lipinski definition) is 2. The van der Waals surface area contributed by atoms with Crippen LogP contribution in [0.4, 0.5) is 11.5 Å². The summed E-state index contributed by atoms with van der Waals surface area (Å²) >= 11 is 0. The number of aromatic carboxylic acids is 1. The van der Waals surface area contributed by atoms with Crippen LogP contribution < -0.4 is 5.32 Å². The topological polar surface area (TPSA) is 75.1 Å². The molecule has 2 aromatic carbocycles. The van der Waals surface area contributed by atoms with Gasteiger partial charge in [-0.1, -0.05) is 29.8 Å². The van der Waals surface area contributed by atoms with E-state index in [1.54, 1.807) is 24.3 Å². The lowest BCUT2D eigenvalue weighted by molar-refractivity contribution is 0.0697. The molecule has 0 bridgehead atoms. The molecule has 0 amide bonds. The van der Waals surface area contributed by atoms with Crippen molar-refractivity contribution in [3.63, 3.8) is 0 Å². The van der Waals surface area contributed by atoms with Crippen molar-refractivity contribution in [1.29, 1.82) is 0 Å². The minimum Gasteiger partial charge on any atom is -0.478 e. The monoisotopic (exact) mass is 319 g/mol. The molecular weight excluding hydrogens is 302 g/mol. The van der Waals surface area contributed by atoms with E-state index < -0.39 is 5.97 Å². The second-order valence-electron chi connectivity index (χ2n) is 5.59. The first-order valence-electron chi connectivity index (χ1n) is 7.54. The molecule has 0 aliphatic carbocycles. The van der Waals surface area contributed by atoms with Gasteiger partial charge in [-0.3, -0.25) is 0 Å². The quantitative estimate of drug-likeness (QED) is 0.753. The molecule has 0 fully saturated rings. The van der Waals surface area contributed by atoms with E-state index in [0.29, 0.717) is 11.6 Å². The molecule has 5 heteroatoms. The number of aromatic nitrogens is 2. The number of benzene rings is 2. The third-order valence-corrected chi connectivity index (χ3v) is 3.57. The van der Waals surface area contributed by atoms with Gasteiger partial charge in [0.05, 0.1) is 5.56 Å². The fraction of sp³-hybridized carbons (Fsp3) is 0.105. The fourth-order valence-corrected chi connectivity index (χ4v) is 2.31. The highest BCUT2D eigenvalue weighted by molar-refractivity contribution is 5.88. The molecule has 3 rings (SSSR count). The van der Waals surface area contributed by atoms with Gasteiger partial charge in [0.25, 0.3) is 0 Å². The fourth-order valence-electron chi connectivity index (χ4n) is 2.31. The second-order valence-corrected chi connectivity index (χ2v) is 5.59. The molecule has 0 aliphatic rings. The Labute approximate surface area is 140 Å². The van der Waals surface area contributed by atoms with Crippen LogP contribution in [0.1, 0.15) is 21.6 Å². The van der Waals surface area contributed by atoms with Crippen LogP contribution in [0.5, 0.6) is 0 Å². The number of nitrogens with zero attached hydrogens (tertiary/aromatic N) is 2. The summed E-state index contributed by atoms with van der Waals surface area (Å²) in [6.45, 7) is 3.95. The Balaban J connectivity index is 1.88. The van der Waals surface area contributed by atoms with Crippen molar-refractivity contribution < 1.29 is 9.90 Å². The molecule has 0 radical (unpaired) electrons. The van der Waals surface area contributed by atoms with E-state index in [2.05, 4.69) is 15.3 Å². The van der Waals surface area contributed by atoms with Gasteiger partial charge >= 0.3 is 5.97 Å². The maximum atomic E-state index is 10.9. The van der Waals surface area contributed by atoms with Gasteiger partial charge in [-0.15, -0.1) is 0 Å². The number of anilines is 2. The van der Waals surface area contributed by atoms with Crippen molar-refractivity contribution in [2.75, 3.05) is 5.32 Å². The summed E-state index contributed by atoms with van der Waals surface area (Å²) in [6, 6.07) is 16.4. The number of carboxylic acid groups (broad SMARTS) is 1. The van der Waals surface area contributed by atoms with Crippen molar-refractivity contribution in [3.05, 3.63) is 71.4 Å². The van der Waals surface area contributed by atoms with E-state index >= 15 is 0 Å². The molecule has 2 N–H and O–H groups in total. The lowest BCUT2D eigenvalue weighted by atomic mass is 10.1. The summed E-state index contributed by atoms with van der Waals surface area (Å²) in [5.74, 6) is 0.377. The van der Waals surface area contributed by atoms with E-state index in [-0.39, 0.29) is 5.56 Å². The normalized spacial score (nSPS) is 10.4. The van der Waals surface area contributed by atoms with Crippen LogP contribution in [0.25, 0.3) is 11.4 Å². The molecule has 0 atom stereocenters. The van der Waals surface area contributed by atoms with Gasteiger partial charge in [-0.25, -0.2) is 14.8 Å². The van der Waals surface area contributed by atoms with Crippen LogP contribution in [0, 0.1) is 13.8 Å². The van der Waals surface area contributed by atoms with Crippen LogP contribution in [0.15, 0.2) is 54.6 Å². The third-order valence-electron chi connectivity index (χ3n) is 3.57. The number of aryl methyl sites for hydroxylation is 2. The van der Waals surface area contributed by atoms with E-state index in [4.69, 9.17) is 5.11 Å². The van der Waals surface area contributed by atoms with Crippen LogP contribution in [0.3, 0.4) is 0 Å². The Morgan fingerprint density at radius 2 is 1.62 bits per heavy atom. The highest BCUT2D eigenvalue weighted by atomic mass is 16.4. The minimum absolute atomic E-state index is 0.250. The SMILES string of the molecule is Cc1ccc(-c2nc(C)cc(Nc3ccc(C(=O)O)cc3)n2)cc1. The van der Waals surface area contributed by atoms with Crippen LogP contribution in [-0.4, -0.2) is 21.0 Å². The first kappa shape index (κ1) is 15.7. The smallest absolute Gasteiger partial charge is 0.335 e. The maximum absolute atomic E-state index is 10.9. The van der Waals surface area contributed by atoms with Crippen molar-refractivity contribution in [2.45, 2.75) is 13.8 Å². The Bertz CT molecular complexity index is 872. The molecular formula is C19H17N3O2. The van der Waals surface area contributed by atoms with Gasteiger partial charge in [-0.05, 0) is 38.1 Å². The molecule has 3 aromatic rings. The Morgan fingerprint density at radius 3 is 2.25 bits per heavy atom. The van der Waals surface area contributed by atoms with E-state index in [0.717, 1.165) is 16.9 Å². The highest BCUT2D eigenvalue weighted by Crippen LogP contribution is 2.21. The highest BCUT2D eigenvalue weighted by Gasteiger charge is 2.06. The third kappa shape index (κ3) is 3.57. The number of carbonyl (C=O) groups is 1. The van der Waals surface area contributed by atoms with Gasteiger partial charge in [0, 0.05) is 23.0 Å². The van der Waals surface area contributed by atoms with Crippen LogP contribution in [0.2, 0.25) is 0 Å². The molecule has 0 unspecified atom stereocenters. The zero-order valence-electron chi connectivity index (χ0n) is 13.4. The molecule has 5 nitrogen and oxygen atoms in total. The summed E-state index contributed by atoms with van der Waals surface area (Å²) in [4.78, 5) is 19.9. The standard InChI is InChI=1S/C19H17N3O2/c1-12-3-5-14(6-4-12)18-20-13(2)11-17(22-18)21-16-9-7-15(8-10-16)19(23)24/h3-11H,1-2H3,(H,23,24)(H,20,21,22). The predicted molar refractivity (Wildman–Crippen MR) is 93.6 cm³/mol. The summed E-state index contributed by atoms with van der Waals surface area (Å²) in [5.41, 5.74) is 4.01. The number of carboxylic acids is 1. The van der Waals surface area contributed by atoms with Crippen molar-refractivity contribution in [1.82, 2.24) is 9.97 Å². The minimum atomic E-state index is -0.943. The van der Waals surface area contributed by atoms with Crippen LogP contribution >= 0.6 is 0 Å². The van der Waals surface area contributed by atoms with Crippen LogP contribution in [-0.2, 0) is 0 Å². The van der Waals surface area contributed by atoms with Gasteiger partial charge in [0.15, 0.2) is 5.82 Å². The second kappa shape index (κ2) is 6.50. The molecule has 120 valence electrons. The van der Waals surface area contributed by atoms with E-state index in [1.807, 2.05) is 44.2 Å². The molecule has 1 aromatic heterocycles. The lowest BCUT2D eigenvalue weighted by Crippen LogP contribution is -2.00. The largest absolute Gasteiger partial charge is 0.478 e. The summed E-state index contributed by atoms with van der Waals surface area (Å²) < 4.78 is 0. The Morgan fingerprint density at radius 1 is 0.958 bits per heavy atom. The van der Waals surface area contributed by atoms with Crippen molar-refractivity contribution in [3.8, 4) is 11.4 Å². The number of hydrogen-bond acceptors (Lipinski definition) is 4. The van der Waals surface area contributed by atoms with Gasteiger partial charge in [0.1, 0.15) is 5.82 Å². The average molecular weight is 319 g/mol. The van der Waals surface area contributed by atoms with Crippen molar-refractivity contribution >= 4 is 17.5 Å². The first-order chi connectivity index (χ1) is 11.5. The summed E-state index contributed by atoms with van der Waals surface area (Å²) in [6.07, 6.45) is 0. The van der Waals surface area contributed by atoms with E-state index in [9.17, 15) is 4.79 Å². The zero-order chi connectivity index (χ0) is 17.1. The van der Waals surface area contributed by atoms with Crippen molar-refractivity contribution in [2.24, 2.45) is 0 Å². The average Bonchev–Trinajstić information content (AvgIpc) is 2.55. The Kier molecular flexibility index (Phi) is 4.24. The summed E-state index contributed by atoms with van der Waals surface area (Å²) in [7, 11) is 0. The predicted octanol–water partition coefficient (Wildman–Crippen LogP) is 4.20. The molecule has 0 saturated carbocycles. The Hall–Kier alpha value is -3.21. The summed E-state index contributed by atoms with van der Waals surface area (Å²) in [5, 5.41) is 12.1. The molecule has 0 saturated heterocycles. The lowest BCUT2D eigenvalue weighted by Gasteiger charge is -2.09. The molecule has 1 heterocycles.